The summed E-state index contributed by atoms with van der Waals surface area (Å²) in [6, 6.07) is 5.25. The Morgan fingerprint density at radius 2 is 2.31 bits per heavy atom. The normalized spacial score (nSPS) is 19.6. The van der Waals surface area contributed by atoms with Crippen LogP contribution in [-0.4, -0.2) is 0 Å². The number of nitriles is 1. The molecule has 2 heteroatoms. The molecule has 0 bridgehead atoms. The van der Waals surface area contributed by atoms with Gasteiger partial charge in [-0.25, -0.2) is 4.39 Å². The maximum Gasteiger partial charge on any atom is 0.123 e. The lowest BCUT2D eigenvalue weighted by Crippen LogP contribution is -1.92. The third-order valence-electron chi connectivity index (χ3n) is 2.69. The molecule has 1 nitrogen and oxygen atoms in total. The van der Waals surface area contributed by atoms with E-state index in [9.17, 15) is 4.39 Å². The SMILES string of the molecule is Cc1cc(F)cc2c1CCC2C#N. The van der Waals surface area contributed by atoms with Crippen LogP contribution < -0.4 is 0 Å². The Kier molecular flexibility index (Phi) is 1.81. The lowest BCUT2D eigenvalue weighted by atomic mass is 10.00. The Balaban J connectivity index is 2.59. The number of rotatable bonds is 0. The Hall–Kier alpha value is -1.36. The molecule has 1 aliphatic rings. The minimum atomic E-state index is -0.224. The average molecular weight is 175 g/mol. The van der Waals surface area contributed by atoms with E-state index >= 15 is 0 Å². The third-order valence-corrected chi connectivity index (χ3v) is 2.69. The van der Waals surface area contributed by atoms with Crippen LogP contribution in [0.25, 0.3) is 0 Å². The molecule has 0 aromatic heterocycles. The lowest BCUT2D eigenvalue weighted by Gasteiger charge is -2.05. The highest BCUT2D eigenvalue weighted by Crippen LogP contribution is 2.34. The van der Waals surface area contributed by atoms with Crippen molar-refractivity contribution in [2.24, 2.45) is 0 Å². The maximum atomic E-state index is 13.0. The summed E-state index contributed by atoms with van der Waals surface area (Å²) in [5, 5.41) is 8.82. The summed E-state index contributed by atoms with van der Waals surface area (Å²) in [7, 11) is 0. The van der Waals surface area contributed by atoms with Crippen LogP contribution in [0.3, 0.4) is 0 Å². The molecule has 0 N–H and O–H groups in total. The van der Waals surface area contributed by atoms with Gasteiger partial charge < -0.3 is 0 Å². The quantitative estimate of drug-likeness (QED) is 0.594. The van der Waals surface area contributed by atoms with Gasteiger partial charge in [0.25, 0.3) is 0 Å². The zero-order valence-electron chi connectivity index (χ0n) is 7.47. The molecule has 0 aliphatic heterocycles. The van der Waals surface area contributed by atoms with Gasteiger partial charge in [0.2, 0.25) is 0 Å². The lowest BCUT2D eigenvalue weighted by molar-refractivity contribution is 0.623. The fourth-order valence-corrected chi connectivity index (χ4v) is 2.03. The number of aryl methyl sites for hydroxylation is 1. The van der Waals surface area contributed by atoms with Gasteiger partial charge in [-0.3, -0.25) is 0 Å². The molecular weight excluding hydrogens is 165 g/mol. The van der Waals surface area contributed by atoms with E-state index in [0.29, 0.717) is 0 Å². The predicted octanol–water partition coefficient (Wildman–Crippen LogP) is 2.69. The largest absolute Gasteiger partial charge is 0.207 e. The minimum Gasteiger partial charge on any atom is -0.207 e. The van der Waals surface area contributed by atoms with Crippen molar-refractivity contribution < 1.29 is 4.39 Å². The average Bonchev–Trinajstić information content (AvgIpc) is 2.47. The topological polar surface area (TPSA) is 23.8 Å². The van der Waals surface area contributed by atoms with Crippen molar-refractivity contribution in [3.8, 4) is 6.07 Å². The second-order valence-corrected chi connectivity index (χ2v) is 3.51. The van der Waals surface area contributed by atoms with E-state index in [4.69, 9.17) is 5.26 Å². The first-order valence-electron chi connectivity index (χ1n) is 4.41. The molecule has 0 spiro atoms. The Morgan fingerprint density at radius 1 is 1.54 bits per heavy atom. The highest BCUT2D eigenvalue weighted by molar-refractivity contribution is 5.43. The van der Waals surface area contributed by atoms with Crippen molar-refractivity contribution in [2.45, 2.75) is 25.7 Å². The van der Waals surface area contributed by atoms with Crippen molar-refractivity contribution in [1.82, 2.24) is 0 Å². The summed E-state index contributed by atoms with van der Waals surface area (Å²) >= 11 is 0. The van der Waals surface area contributed by atoms with Gasteiger partial charge in [-0.15, -0.1) is 0 Å². The second kappa shape index (κ2) is 2.85. The molecule has 0 amide bonds. The minimum absolute atomic E-state index is 0.0931. The van der Waals surface area contributed by atoms with Gasteiger partial charge in [0, 0.05) is 0 Å². The van der Waals surface area contributed by atoms with Gasteiger partial charge in [0.05, 0.1) is 12.0 Å². The van der Waals surface area contributed by atoms with E-state index in [-0.39, 0.29) is 11.7 Å². The first-order valence-corrected chi connectivity index (χ1v) is 4.41. The molecule has 66 valence electrons. The van der Waals surface area contributed by atoms with Crippen LogP contribution >= 0.6 is 0 Å². The first kappa shape index (κ1) is 8.25. The van der Waals surface area contributed by atoms with Crippen molar-refractivity contribution in [1.29, 1.82) is 5.26 Å². The predicted molar refractivity (Wildman–Crippen MR) is 47.8 cm³/mol. The van der Waals surface area contributed by atoms with E-state index in [1.165, 1.54) is 11.6 Å². The fourth-order valence-electron chi connectivity index (χ4n) is 2.03. The molecule has 0 saturated carbocycles. The molecule has 0 heterocycles. The van der Waals surface area contributed by atoms with E-state index in [0.717, 1.165) is 24.0 Å². The van der Waals surface area contributed by atoms with Crippen molar-refractivity contribution >= 4 is 0 Å². The molecule has 0 fully saturated rings. The molecule has 1 aromatic carbocycles. The summed E-state index contributed by atoms with van der Waals surface area (Å²) in [5.41, 5.74) is 3.06. The smallest absolute Gasteiger partial charge is 0.123 e. The van der Waals surface area contributed by atoms with Crippen LogP contribution in [0, 0.1) is 24.1 Å². The summed E-state index contributed by atoms with van der Waals surface area (Å²) < 4.78 is 13.0. The van der Waals surface area contributed by atoms with Crippen LogP contribution in [0.2, 0.25) is 0 Å². The number of benzene rings is 1. The van der Waals surface area contributed by atoms with Crippen molar-refractivity contribution in [3.05, 3.63) is 34.6 Å². The Bertz CT molecular complexity index is 390. The van der Waals surface area contributed by atoms with E-state index in [1.54, 1.807) is 6.07 Å². The van der Waals surface area contributed by atoms with Crippen LogP contribution in [-0.2, 0) is 6.42 Å². The zero-order chi connectivity index (χ0) is 9.42. The monoisotopic (exact) mass is 175 g/mol. The van der Waals surface area contributed by atoms with Gasteiger partial charge in [-0.05, 0) is 48.6 Å². The van der Waals surface area contributed by atoms with E-state index in [1.807, 2.05) is 6.92 Å². The molecule has 1 aliphatic carbocycles. The third kappa shape index (κ3) is 1.21. The van der Waals surface area contributed by atoms with Gasteiger partial charge in [0.15, 0.2) is 0 Å². The molecule has 1 aromatic rings. The number of halogens is 1. The maximum absolute atomic E-state index is 13.0. The van der Waals surface area contributed by atoms with Crippen LogP contribution in [0.5, 0.6) is 0 Å². The molecule has 1 unspecified atom stereocenters. The van der Waals surface area contributed by atoms with Gasteiger partial charge in [-0.1, -0.05) is 0 Å². The van der Waals surface area contributed by atoms with Gasteiger partial charge >= 0.3 is 0 Å². The molecule has 1 atom stereocenters. The second-order valence-electron chi connectivity index (χ2n) is 3.51. The van der Waals surface area contributed by atoms with Crippen LogP contribution in [0.4, 0.5) is 4.39 Å². The molecule has 2 rings (SSSR count). The van der Waals surface area contributed by atoms with E-state index in [2.05, 4.69) is 6.07 Å². The number of hydrogen-bond donors (Lipinski definition) is 0. The number of fused-ring (bicyclic) bond motifs is 1. The zero-order valence-corrected chi connectivity index (χ0v) is 7.47. The molecular formula is C11H10FN. The first-order chi connectivity index (χ1) is 6.22. The van der Waals surface area contributed by atoms with Gasteiger partial charge in [-0.2, -0.15) is 5.26 Å². The van der Waals surface area contributed by atoms with Crippen LogP contribution in [0.15, 0.2) is 12.1 Å². The number of hydrogen-bond acceptors (Lipinski definition) is 1. The van der Waals surface area contributed by atoms with E-state index < -0.39 is 0 Å². The highest BCUT2D eigenvalue weighted by atomic mass is 19.1. The Morgan fingerprint density at radius 3 is 3.00 bits per heavy atom. The summed E-state index contributed by atoms with van der Waals surface area (Å²) in [5.74, 6) is -0.317. The summed E-state index contributed by atoms with van der Waals surface area (Å²) in [4.78, 5) is 0. The highest BCUT2D eigenvalue weighted by Gasteiger charge is 2.23. The summed E-state index contributed by atoms with van der Waals surface area (Å²) in [6.45, 7) is 1.90. The Labute approximate surface area is 76.8 Å². The van der Waals surface area contributed by atoms with Crippen molar-refractivity contribution in [2.75, 3.05) is 0 Å². The standard InChI is InChI=1S/C11H10FN/c1-7-4-9(12)5-11-8(6-13)2-3-10(7)11/h4-5,8H,2-3H2,1H3. The number of nitrogens with zero attached hydrogens (tertiary/aromatic N) is 1. The molecule has 0 radical (unpaired) electrons. The molecule has 13 heavy (non-hydrogen) atoms. The van der Waals surface area contributed by atoms with Crippen LogP contribution in [0.1, 0.15) is 29.0 Å². The summed E-state index contributed by atoms with van der Waals surface area (Å²) in [6.07, 6.45) is 1.76. The van der Waals surface area contributed by atoms with Crippen molar-refractivity contribution in [3.63, 3.8) is 0 Å². The fraction of sp³-hybridized carbons (Fsp3) is 0.364. The van der Waals surface area contributed by atoms with Gasteiger partial charge in [0.1, 0.15) is 5.82 Å². The molecule has 0 saturated heterocycles.